The van der Waals surface area contributed by atoms with Crippen LogP contribution in [0.3, 0.4) is 0 Å². The molecule has 0 aliphatic heterocycles. The van der Waals surface area contributed by atoms with Crippen molar-refractivity contribution in [3.63, 3.8) is 0 Å². The molecule has 2 aromatic heterocycles. The second kappa shape index (κ2) is 15.6. The molecule has 3 nitrogen and oxygen atoms in total. The summed E-state index contributed by atoms with van der Waals surface area (Å²) >= 11 is 1.85. The largest absolute Gasteiger partial charge is 0.512 e. The van der Waals surface area contributed by atoms with Crippen molar-refractivity contribution in [2.45, 2.75) is 102 Å². The Morgan fingerprint density at radius 2 is 1.50 bits per heavy atom. The predicted molar refractivity (Wildman–Crippen MR) is 186 cm³/mol. The Morgan fingerprint density at radius 3 is 2.05 bits per heavy atom. The van der Waals surface area contributed by atoms with Gasteiger partial charge in [-0.1, -0.05) is 79.2 Å². The van der Waals surface area contributed by atoms with Gasteiger partial charge in [-0.15, -0.1) is 46.2 Å². The summed E-state index contributed by atoms with van der Waals surface area (Å²) in [7, 11) is 0. The smallest absolute Gasteiger partial charge is 0.164 e. The normalized spacial score (nSPS) is 12.0. The number of aromatic nitrogens is 1. The summed E-state index contributed by atoms with van der Waals surface area (Å²) in [6, 6.07) is 16.7. The van der Waals surface area contributed by atoms with E-state index in [2.05, 4.69) is 77.1 Å². The fraction of sp³-hybridized carbons (Fsp3) is 0.436. The molecule has 0 fully saturated rings. The van der Waals surface area contributed by atoms with E-state index in [0.29, 0.717) is 0 Å². The maximum absolute atomic E-state index is 12.2. The number of aliphatic hydroxyl groups excluding tert-OH is 1. The third-order valence-corrected chi connectivity index (χ3v) is 10.8. The fourth-order valence-corrected chi connectivity index (χ4v) is 6.77. The number of benzene rings is 2. The zero-order valence-electron chi connectivity index (χ0n) is 28.5. The summed E-state index contributed by atoms with van der Waals surface area (Å²) in [5.74, 6) is 0.286. The molecule has 1 radical (unpaired) electrons. The zero-order valence-corrected chi connectivity index (χ0v) is 31.7. The molecule has 0 aliphatic carbocycles. The van der Waals surface area contributed by atoms with E-state index in [4.69, 9.17) is 4.98 Å². The van der Waals surface area contributed by atoms with E-state index in [1.807, 2.05) is 59.1 Å². The maximum Gasteiger partial charge on any atom is 0.164 e. The molecule has 2 aromatic carbocycles. The summed E-state index contributed by atoms with van der Waals surface area (Å²) in [5.41, 5.74) is 9.22. The summed E-state index contributed by atoms with van der Waals surface area (Å²) in [6.45, 7) is 22.9. The van der Waals surface area contributed by atoms with Gasteiger partial charge in [0.1, 0.15) is 5.76 Å². The van der Waals surface area contributed by atoms with Crippen LogP contribution in [0, 0.1) is 51.5 Å². The number of hydrogen-bond acceptors (Lipinski definition) is 4. The Kier molecular flexibility index (Phi) is 13.3. The second-order valence-corrected chi connectivity index (χ2v) is 13.6. The van der Waals surface area contributed by atoms with E-state index in [1.165, 1.54) is 48.9 Å². The van der Waals surface area contributed by atoms with Crippen LogP contribution in [0.5, 0.6) is 0 Å². The van der Waals surface area contributed by atoms with Crippen molar-refractivity contribution in [3.05, 3.63) is 88.3 Å². The molecule has 4 aromatic rings. The second-order valence-electron chi connectivity index (χ2n) is 12.6. The first-order valence-corrected chi connectivity index (χ1v) is 16.5. The number of pyridine rings is 1. The Bertz CT molecular complexity index is 1600. The summed E-state index contributed by atoms with van der Waals surface area (Å²) in [4.78, 5) is 18.2. The van der Waals surface area contributed by atoms with Crippen molar-refractivity contribution >= 4 is 27.2 Å². The molecule has 0 amide bonds. The van der Waals surface area contributed by atoms with Crippen molar-refractivity contribution < 1.29 is 30.0 Å². The number of rotatable bonds is 9. The number of aryl methyl sites for hydroxylation is 5. The van der Waals surface area contributed by atoms with Crippen LogP contribution in [-0.2, 0) is 24.9 Å². The Morgan fingerprint density at radius 1 is 0.886 bits per heavy atom. The fourth-order valence-electron chi connectivity index (χ4n) is 5.37. The number of carbonyl (C=O) groups is 1. The van der Waals surface area contributed by atoms with Crippen LogP contribution in [0.25, 0.3) is 31.8 Å². The van der Waals surface area contributed by atoms with E-state index < -0.39 is 0 Å². The molecule has 4 rings (SSSR count). The van der Waals surface area contributed by atoms with Gasteiger partial charge in [0.25, 0.3) is 0 Å². The molecule has 44 heavy (non-hydrogen) atoms. The van der Waals surface area contributed by atoms with Crippen molar-refractivity contribution in [1.82, 2.24) is 4.98 Å². The number of fused-ring (bicyclic) bond motifs is 1. The Labute approximate surface area is 283 Å². The number of aliphatic hydroxyl groups is 1. The predicted octanol–water partition coefficient (Wildman–Crippen LogP) is 11.6. The van der Waals surface area contributed by atoms with Crippen LogP contribution in [0.1, 0.15) is 95.0 Å². The van der Waals surface area contributed by atoms with Crippen LogP contribution < -0.4 is 0 Å². The van der Waals surface area contributed by atoms with E-state index in [9.17, 15) is 9.90 Å². The minimum atomic E-state index is -0.337. The minimum Gasteiger partial charge on any atom is -0.512 e. The van der Waals surface area contributed by atoms with Gasteiger partial charge in [0.2, 0.25) is 0 Å². The molecule has 1 N–H and O–H groups in total. The summed E-state index contributed by atoms with van der Waals surface area (Å²) < 4.78 is 1.25. The van der Waals surface area contributed by atoms with Gasteiger partial charge in [-0.25, -0.2) is 0 Å². The van der Waals surface area contributed by atoms with Crippen molar-refractivity contribution in [2.24, 2.45) is 10.8 Å². The van der Waals surface area contributed by atoms with E-state index in [0.717, 1.165) is 42.5 Å². The van der Waals surface area contributed by atoms with Crippen LogP contribution in [0.2, 0.25) is 0 Å². The van der Waals surface area contributed by atoms with Crippen LogP contribution in [-0.4, -0.2) is 15.9 Å². The van der Waals surface area contributed by atoms with Gasteiger partial charge < -0.3 is 10.1 Å². The SMILES string of the molecule is CCC(C)(CC)C(=O)/C=C(\O)C(C)(CC)CC.Cc1[c-]c(-c2nccc3c(C)c(-c4ccc(C)cc4C)sc23)cc(C)c1.[Ir]. The number of carbonyl (C=O) groups excluding carboxylic acids is 1. The molecule has 0 unspecified atom stereocenters. The molecule has 0 aliphatic rings. The van der Waals surface area contributed by atoms with E-state index in [1.54, 1.807) is 0 Å². The molecular weight excluding hydrogens is 739 g/mol. The number of ketones is 1. The third kappa shape index (κ3) is 8.16. The zero-order chi connectivity index (χ0) is 32.1. The van der Waals surface area contributed by atoms with Gasteiger partial charge in [-0.2, -0.15) is 0 Å². The van der Waals surface area contributed by atoms with Gasteiger partial charge in [0.05, 0.1) is 0 Å². The topological polar surface area (TPSA) is 50.2 Å². The number of thiophene rings is 1. The molecule has 0 spiro atoms. The van der Waals surface area contributed by atoms with Crippen molar-refractivity contribution in [1.29, 1.82) is 0 Å². The molecule has 2 heterocycles. The van der Waals surface area contributed by atoms with Gasteiger partial charge in [0, 0.05) is 58.5 Å². The molecule has 0 saturated heterocycles. The first-order chi connectivity index (χ1) is 20.2. The average molecular weight is 789 g/mol. The standard InChI is InChI=1S/C24H22NS.C15H28O2.Ir/c1-14-6-7-20(17(4)11-14)23-18(5)21-8-9-25-22(24(21)26-23)19-12-15(2)10-16(3)13-19;1-7-14(5,8-2)12(16)11-13(17)15(6,9-3)10-4;/h6-12H,1-5H3;11,16H,7-10H2,1-6H3;/q-1;;/b;12-11-;. The summed E-state index contributed by atoms with van der Waals surface area (Å²) in [5, 5.41) is 11.4. The number of hydrogen-bond donors (Lipinski definition) is 1. The molecule has 239 valence electrons. The molecule has 0 atom stereocenters. The third-order valence-electron chi connectivity index (χ3n) is 9.49. The van der Waals surface area contributed by atoms with Crippen LogP contribution >= 0.6 is 11.3 Å². The van der Waals surface area contributed by atoms with Crippen LogP contribution in [0.4, 0.5) is 0 Å². The minimum absolute atomic E-state index is 0. The van der Waals surface area contributed by atoms with E-state index >= 15 is 0 Å². The Hall–Kier alpha value is -2.59. The monoisotopic (exact) mass is 789 g/mol. The van der Waals surface area contributed by atoms with Crippen molar-refractivity contribution in [3.8, 4) is 21.7 Å². The van der Waals surface area contributed by atoms with Gasteiger partial charge in [-0.05, 0) is 74.6 Å². The van der Waals surface area contributed by atoms with Crippen LogP contribution in [0.15, 0.2) is 54.4 Å². The number of allylic oxidation sites excluding steroid dienone is 2. The van der Waals surface area contributed by atoms with Crippen molar-refractivity contribution in [2.75, 3.05) is 0 Å². The molecule has 0 saturated carbocycles. The van der Waals surface area contributed by atoms with Gasteiger partial charge >= 0.3 is 0 Å². The first-order valence-electron chi connectivity index (χ1n) is 15.7. The average Bonchev–Trinajstić information content (AvgIpc) is 3.31. The number of nitrogens with zero attached hydrogens (tertiary/aromatic N) is 1. The van der Waals surface area contributed by atoms with Gasteiger partial charge in [-0.3, -0.25) is 4.79 Å². The summed E-state index contributed by atoms with van der Waals surface area (Å²) in [6.07, 6.45) is 6.68. The first kappa shape index (κ1) is 37.6. The molecule has 5 heteroatoms. The Balaban J connectivity index is 0.000000331. The van der Waals surface area contributed by atoms with E-state index in [-0.39, 0.29) is 42.5 Å². The quantitative estimate of drug-likeness (QED) is 0.104. The molecule has 0 bridgehead atoms. The molecular formula is C39H50IrNO2S-. The maximum atomic E-state index is 12.2. The van der Waals surface area contributed by atoms with Gasteiger partial charge in [0.15, 0.2) is 5.78 Å².